The van der Waals surface area contributed by atoms with E-state index in [2.05, 4.69) is 21.8 Å². The number of nitrogens with zero attached hydrogens (tertiary/aromatic N) is 6. The number of hydrazone groups is 1. The molecule has 0 saturated heterocycles. The summed E-state index contributed by atoms with van der Waals surface area (Å²) >= 11 is 6.35. The molecule has 1 heterocycles. The Balaban J connectivity index is 1.46. The normalized spacial score (nSPS) is 17.3. The third-order valence-electron chi connectivity index (χ3n) is 8.09. The minimum absolute atomic E-state index is 0.0245. The van der Waals surface area contributed by atoms with Crippen LogP contribution in [0.3, 0.4) is 0 Å². The number of hydrogen-bond acceptors (Lipinski definition) is 8. The van der Waals surface area contributed by atoms with E-state index >= 15 is 0 Å². The van der Waals surface area contributed by atoms with Crippen LogP contribution >= 0.6 is 11.6 Å². The van der Waals surface area contributed by atoms with Crippen LogP contribution in [0.5, 0.6) is 0 Å². The van der Waals surface area contributed by atoms with Gasteiger partial charge in [-0.3, -0.25) is 19.7 Å². The molecule has 1 aliphatic carbocycles. The molecular weight excluding hydrogens is 687 g/mol. The molecule has 0 radical (unpaired) electrons. The second-order valence-electron chi connectivity index (χ2n) is 11.3. The minimum atomic E-state index is -4.71. The van der Waals surface area contributed by atoms with Gasteiger partial charge in [-0.1, -0.05) is 54.1 Å². The highest BCUT2D eigenvalue weighted by molar-refractivity contribution is 6.33. The average Bonchev–Trinajstić information content (AvgIpc) is 3.82. The van der Waals surface area contributed by atoms with Gasteiger partial charge in [0.15, 0.2) is 12.0 Å². The molecule has 5 rings (SSSR count). The largest absolute Gasteiger partial charge is 0.447 e. The van der Waals surface area contributed by atoms with Crippen LogP contribution in [0.2, 0.25) is 5.02 Å². The van der Waals surface area contributed by atoms with Crippen LogP contribution in [-0.2, 0) is 9.53 Å². The highest BCUT2D eigenvalue weighted by Crippen LogP contribution is 2.49. The molecule has 1 aliphatic heterocycles. The smallest absolute Gasteiger partial charge is 0.411 e. The van der Waals surface area contributed by atoms with Crippen molar-refractivity contribution < 1.29 is 36.3 Å². The Morgan fingerprint density at radius 2 is 1.82 bits per heavy atom. The lowest BCUT2D eigenvalue weighted by molar-refractivity contribution is -0.164. The lowest BCUT2D eigenvalue weighted by Gasteiger charge is -2.30. The molecule has 0 bridgehead atoms. The number of ether oxygens (including phenoxy) is 1. The quantitative estimate of drug-likeness (QED) is 0.0966. The van der Waals surface area contributed by atoms with Crippen molar-refractivity contribution in [1.29, 1.82) is 5.26 Å². The van der Waals surface area contributed by atoms with Gasteiger partial charge in [-0.2, -0.15) is 23.5 Å². The molecule has 3 N–H and O–H groups in total. The number of benzene rings is 3. The molecule has 17 heteroatoms. The zero-order chi connectivity index (χ0) is 36.2. The van der Waals surface area contributed by atoms with Crippen LogP contribution < -0.4 is 16.1 Å². The van der Waals surface area contributed by atoms with Gasteiger partial charge in [-0.25, -0.2) is 18.6 Å². The first-order valence-corrected chi connectivity index (χ1v) is 15.3. The van der Waals surface area contributed by atoms with Crippen LogP contribution in [0, 0.1) is 11.3 Å². The van der Waals surface area contributed by atoms with Crippen molar-refractivity contribution in [2.45, 2.75) is 43.1 Å². The van der Waals surface area contributed by atoms with Gasteiger partial charge in [0.1, 0.15) is 25.0 Å². The summed E-state index contributed by atoms with van der Waals surface area (Å²) in [6, 6.07) is 17.3. The highest BCUT2D eigenvalue weighted by atomic mass is 35.5. The standard InChI is InChI=1S/C33H28ClF5N8O3/c1-42-18-43-46(16-27(35)36)25-14-23(10-11-24(25)34)26(17-50-31(49)45-32(12-13-32)33(37,38)39)47-29(48)28(44-30(47)41)22-8-6-21(7-9-22)20-4-2-19(15-40)3-5-20/h2-11,14,18,26-28H,1,12-13,16-17H2,(H2,41,44)(H,45,49)/b43-18-. The van der Waals surface area contributed by atoms with Crippen molar-refractivity contribution in [3.63, 3.8) is 0 Å². The van der Waals surface area contributed by atoms with E-state index in [0.29, 0.717) is 11.1 Å². The monoisotopic (exact) mass is 714 g/mol. The van der Waals surface area contributed by atoms with E-state index in [0.717, 1.165) is 27.4 Å². The third-order valence-corrected chi connectivity index (χ3v) is 8.41. The van der Waals surface area contributed by atoms with E-state index in [1.807, 2.05) is 11.4 Å². The maximum absolute atomic E-state index is 14.0. The van der Waals surface area contributed by atoms with E-state index in [4.69, 9.17) is 27.3 Å². The summed E-state index contributed by atoms with van der Waals surface area (Å²) in [6.45, 7) is 1.61. The van der Waals surface area contributed by atoms with Crippen molar-refractivity contribution in [1.82, 2.24) is 10.2 Å². The number of alkyl carbamates (subject to hydrolysis) is 1. The van der Waals surface area contributed by atoms with Gasteiger partial charge in [0.05, 0.1) is 28.4 Å². The fourth-order valence-corrected chi connectivity index (χ4v) is 5.52. The number of nitrogens with two attached hydrogens (primary N) is 1. The SMILES string of the molecule is C=N/C=N\N(CC(F)F)c1cc(C(COC(=O)NC2(C(F)(F)F)CC2)N2C(=O)C(c3ccc(-c4ccc(C#N)cc4)cc3)N=C2N)ccc1Cl. The first-order valence-electron chi connectivity index (χ1n) is 14.9. The molecule has 11 nitrogen and oxygen atoms in total. The number of nitrogens with one attached hydrogen (secondary N) is 1. The molecule has 50 heavy (non-hydrogen) atoms. The van der Waals surface area contributed by atoms with Gasteiger partial charge in [-0.05, 0) is 66.1 Å². The molecule has 1 saturated carbocycles. The van der Waals surface area contributed by atoms with Crippen LogP contribution in [0.4, 0.5) is 32.4 Å². The topological polar surface area (TPSA) is 149 Å². The Labute approximate surface area is 287 Å². The molecular formula is C33H28ClF5N8O3. The van der Waals surface area contributed by atoms with E-state index in [-0.39, 0.29) is 35.1 Å². The van der Waals surface area contributed by atoms with Crippen LogP contribution in [-0.4, -0.2) is 67.2 Å². The molecule has 0 aromatic heterocycles. The van der Waals surface area contributed by atoms with Gasteiger partial charge in [-0.15, -0.1) is 0 Å². The van der Waals surface area contributed by atoms with Crippen molar-refractivity contribution in [2.24, 2.45) is 20.8 Å². The zero-order valence-electron chi connectivity index (χ0n) is 25.9. The maximum Gasteiger partial charge on any atom is 0.411 e. The highest BCUT2D eigenvalue weighted by Gasteiger charge is 2.64. The lowest BCUT2D eigenvalue weighted by Crippen LogP contribution is -2.49. The predicted octanol–water partition coefficient (Wildman–Crippen LogP) is 6.35. The number of halogens is 6. The molecule has 260 valence electrons. The van der Waals surface area contributed by atoms with E-state index < -0.39 is 55.4 Å². The molecule has 0 spiro atoms. The lowest BCUT2D eigenvalue weighted by atomic mass is 9.99. The summed E-state index contributed by atoms with van der Waals surface area (Å²) in [5, 5.41) is 15.6. The number of nitriles is 1. The maximum atomic E-state index is 14.0. The van der Waals surface area contributed by atoms with Crippen LogP contribution in [0.1, 0.15) is 41.6 Å². The third kappa shape index (κ3) is 7.68. The van der Waals surface area contributed by atoms with Crippen molar-refractivity contribution in [3.05, 3.63) is 88.4 Å². The molecule has 2 aliphatic rings. The summed E-state index contributed by atoms with van der Waals surface area (Å²) in [5.41, 5.74) is 6.49. The van der Waals surface area contributed by atoms with Gasteiger partial charge in [0.25, 0.3) is 12.3 Å². The van der Waals surface area contributed by atoms with Crippen molar-refractivity contribution in [2.75, 3.05) is 18.2 Å². The minimum Gasteiger partial charge on any atom is -0.447 e. The first kappa shape index (κ1) is 35.7. The summed E-state index contributed by atoms with van der Waals surface area (Å²) < 4.78 is 72.7. The van der Waals surface area contributed by atoms with Gasteiger partial charge < -0.3 is 15.8 Å². The van der Waals surface area contributed by atoms with Crippen LogP contribution in [0.25, 0.3) is 11.1 Å². The fraction of sp³-hybridized carbons (Fsp3) is 0.273. The molecule has 1 fully saturated rings. The molecule has 3 aromatic carbocycles. The Morgan fingerprint density at radius 1 is 1.18 bits per heavy atom. The number of hydrogen-bond donors (Lipinski definition) is 2. The number of alkyl halides is 5. The van der Waals surface area contributed by atoms with Gasteiger partial charge in [0, 0.05) is 0 Å². The van der Waals surface area contributed by atoms with E-state index in [9.17, 15) is 31.5 Å². The van der Waals surface area contributed by atoms with E-state index in [1.165, 1.54) is 18.2 Å². The zero-order valence-corrected chi connectivity index (χ0v) is 26.7. The second-order valence-corrected chi connectivity index (χ2v) is 11.7. The van der Waals surface area contributed by atoms with Crippen molar-refractivity contribution in [3.8, 4) is 17.2 Å². The van der Waals surface area contributed by atoms with Gasteiger partial charge in [0.2, 0.25) is 0 Å². The predicted molar refractivity (Wildman–Crippen MR) is 176 cm³/mol. The summed E-state index contributed by atoms with van der Waals surface area (Å²) in [5.74, 6) is -0.958. The Morgan fingerprint density at radius 3 is 2.38 bits per heavy atom. The molecule has 2 amide bonds. The second kappa shape index (κ2) is 14.5. The number of rotatable bonds is 12. The number of aliphatic imine (C=N–C) groups is 2. The Bertz CT molecular complexity index is 1860. The number of amides is 2. The Hall–Kier alpha value is -5.56. The summed E-state index contributed by atoms with van der Waals surface area (Å²) in [4.78, 5) is 35.4. The number of anilines is 1. The van der Waals surface area contributed by atoms with E-state index in [1.54, 1.807) is 48.5 Å². The number of carbonyl (C=O) groups is 2. The average molecular weight is 715 g/mol. The molecule has 2 atom stereocenters. The number of carbonyl (C=O) groups excluding carboxylic acids is 2. The number of guanidine groups is 1. The van der Waals surface area contributed by atoms with Gasteiger partial charge >= 0.3 is 12.3 Å². The first-order chi connectivity index (χ1) is 23.8. The summed E-state index contributed by atoms with van der Waals surface area (Å²) in [7, 11) is 0. The fourth-order valence-electron chi connectivity index (χ4n) is 5.30. The summed E-state index contributed by atoms with van der Waals surface area (Å²) in [6.07, 6.45) is -8.71. The van der Waals surface area contributed by atoms with Crippen molar-refractivity contribution >= 4 is 48.3 Å². The Kier molecular flexibility index (Phi) is 10.4. The molecule has 3 aromatic rings. The molecule has 2 unspecified atom stereocenters. The van der Waals surface area contributed by atoms with Crippen LogP contribution in [0.15, 0.2) is 81.8 Å².